The first kappa shape index (κ1) is 15.2. The number of hydrogen-bond donors (Lipinski definition) is 0. The van der Waals surface area contributed by atoms with Gasteiger partial charge in [-0.1, -0.05) is 17.7 Å². The lowest BCUT2D eigenvalue weighted by Gasteiger charge is -2.21. The van der Waals surface area contributed by atoms with Crippen LogP contribution in [0.1, 0.15) is 15.9 Å². The summed E-state index contributed by atoms with van der Waals surface area (Å²) in [7, 11) is 3.67. The third kappa shape index (κ3) is 2.93. The maximum atomic E-state index is 11.4. The highest BCUT2D eigenvalue weighted by Crippen LogP contribution is 2.26. The molecule has 0 atom stereocenters. The minimum atomic E-state index is 0.666. The van der Waals surface area contributed by atoms with E-state index in [-0.39, 0.29) is 0 Å². The van der Waals surface area contributed by atoms with Crippen LogP contribution in [0, 0.1) is 6.92 Å². The first-order valence-electron chi connectivity index (χ1n) is 7.52. The number of aryl methyl sites for hydroxylation is 1. The minimum absolute atomic E-state index is 0.666. The molecule has 3 aromatic rings. The number of aldehydes is 1. The van der Waals surface area contributed by atoms with Gasteiger partial charge in [0, 0.05) is 29.9 Å². The van der Waals surface area contributed by atoms with Crippen LogP contribution in [0.15, 0.2) is 48.7 Å². The molecular formula is C19H20N2O2. The maximum absolute atomic E-state index is 11.4. The molecule has 0 fully saturated rings. The monoisotopic (exact) mass is 308 g/mol. The Kier molecular flexibility index (Phi) is 4.06. The van der Waals surface area contributed by atoms with Crippen LogP contribution >= 0.6 is 0 Å². The molecule has 0 aliphatic carbocycles. The number of anilines is 1. The van der Waals surface area contributed by atoms with Crippen molar-refractivity contribution >= 4 is 22.9 Å². The van der Waals surface area contributed by atoms with E-state index >= 15 is 0 Å². The smallest absolute Gasteiger partial charge is 0.152 e. The summed E-state index contributed by atoms with van der Waals surface area (Å²) < 4.78 is 7.34. The predicted molar refractivity (Wildman–Crippen MR) is 93.5 cm³/mol. The number of fused-ring (bicyclic) bond motifs is 1. The van der Waals surface area contributed by atoms with E-state index < -0.39 is 0 Å². The predicted octanol–water partition coefficient (Wildman–Crippen LogP) is 3.86. The third-order valence-electron chi connectivity index (χ3n) is 4.09. The van der Waals surface area contributed by atoms with Gasteiger partial charge in [0.1, 0.15) is 5.75 Å². The zero-order chi connectivity index (χ0) is 16.4. The molecule has 0 saturated heterocycles. The lowest BCUT2D eigenvalue weighted by Crippen LogP contribution is -2.20. The van der Waals surface area contributed by atoms with Gasteiger partial charge in [-0.2, -0.15) is 0 Å². The summed E-state index contributed by atoms with van der Waals surface area (Å²) in [5, 5.41) is 0.914. The first-order chi connectivity index (χ1) is 11.1. The summed E-state index contributed by atoms with van der Waals surface area (Å²) in [6.07, 6.45) is 2.78. The van der Waals surface area contributed by atoms with Crippen LogP contribution in [0.5, 0.6) is 5.75 Å². The summed E-state index contributed by atoms with van der Waals surface area (Å²) in [4.78, 5) is 13.5. The summed E-state index contributed by atoms with van der Waals surface area (Å²) in [6.45, 7) is 2.74. The van der Waals surface area contributed by atoms with E-state index in [0.717, 1.165) is 28.6 Å². The molecule has 4 nitrogen and oxygen atoms in total. The molecule has 0 aliphatic rings. The van der Waals surface area contributed by atoms with Gasteiger partial charge >= 0.3 is 0 Å². The number of ether oxygens (including phenoxy) is 1. The summed E-state index contributed by atoms with van der Waals surface area (Å²) in [5.41, 5.74) is 4.07. The van der Waals surface area contributed by atoms with E-state index in [0.29, 0.717) is 12.2 Å². The molecule has 2 aromatic carbocycles. The van der Waals surface area contributed by atoms with Crippen LogP contribution in [-0.4, -0.2) is 25.0 Å². The van der Waals surface area contributed by atoms with Gasteiger partial charge in [-0.15, -0.1) is 0 Å². The summed E-state index contributed by atoms with van der Waals surface area (Å²) >= 11 is 0. The molecule has 0 unspecified atom stereocenters. The molecule has 1 heterocycles. The van der Waals surface area contributed by atoms with Crippen molar-refractivity contribution in [2.45, 2.75) is 13.6 Å². The Hall–Kier alpha value is -2.75. The highest BCUT2D eigenvalue weighted by Gasteiger charge is 2.11. The zero-order valence-corrected chi connectivity index (χ0v) is 13.6. The van der Waals surface area contributed by atoms with E-state index in [2.05, 4.69) is 40.7 Å². The van der Waals surface area contributed by atoms with Crippen LogP contribution in [0.3, 0.4) is 0 Å². The van der Waals surface area contributed by atoms with Gasteiger partial charge in [-0.05, 0) is 37.3 Å². The van der Waals surface area contributed by atoms with Crippen molar-refractivity contribution in [2.75, 3.05) is 19.1 Å². The topological polar surface area (TPSA) is 34.5 Å². The average Bonchev–Trinajstić information content (AvgIpc) is 2.92. The second-order valence-electron chi connectivity index (χ2n) is 5.73. The van der Waals surface area contributed by atoms with E-state index in [1.165, 1.54) is 5.56 Å². The number of carbonyl (C=O) groups is 1. The highest BCUT2D eigenvalue weighted by molar-refractivity contribution is 5.98. The van der Waals surface area contributed by atoms with E-state index in [1.54, 1.807) is 7.11 Å². The van der Waals surface area contributed by atoms with Crippen LogP contribution in [0.2, 0.25) is 0 Å². The minimum Gasteiger partial charge on any atom is -0.497 e. The van der Waals surface area contributed by atoms with Gasteiger partial charge in [-0.25, -0.2) is 0 Å². The van der Waals surface area contributed by atoms with E-state index in [4.69, 9.17) is 4.74 Å². The molecule has 0 saturated carbocycles. The fraction of sp³-hybridized carbons (Fsp3) is 0.211. The van der Waals surface area contributed by atoms with Crippen molar-refractivity contribution in [3.05, 3.63) is 59.8 Å². The number of carbonyl (C=O) groups excluding carboxylic acids is 1. The molecule has 0 N–H and O–H groups in total. The molecule has 0 bridgehead atoms. The fourth-order valence-electron chi connectivity index (χ4n) is 2.75. The lowest BCUT2D eigenvalue weighted by atomic mass is 10.2. The number of rotatable bonds is 5. The number of benzene rings is 2. The Morgan fingerprint density at radius 3 is 2.57 bits per heavy atom. The largest absolute Gasteiger partial charge is 0.497 e. The highest BCUT2D eigenvalue weighted by atomic mass is 16.5. The van der Waals surface area contributed by atoms with Crippen molar-refractivity contribution < 1.29 is 9.53 Å². The average molecular weight is 308 g/mol. The van der Waals surface area contributed by atoms with Crippen molar-refractivity contribution in [1.82, 2.24) is 4.57 Å². The quantitative estimate of drug-likeness (QED) is 0.671. The molecule has 1 aromatic heterocycles. The first-order valence-corrected chi connectivity index (χ1v) is 7.52. The molecular weight excluding hydrogens is 288 g/mol. The zero-order valence-electron chi connectivity index (χ0n) is 13.6. The fourth-order valence-corrected chi connectivity index (χ4v) is 2.75. The van der Waals surface area contributed by atoms with Gasteiger partial charge in [0.15, 0.2) is 6.29 Å². The normalized spacial score (nSPS) is 10.7. The van der Waals surface area contributed by atoms with Crippen molar-refractivity contribution in [3.63, 3.8) is 0 Å². The number of nitrogens with zero attached hydrogens (tertiary/aromatic N) is 2. The standard InChI is InChI=1S/C19H20N2O2/c1-14-4-6-16(7-5-14)20(2)13-21-11-15(12-22)18-10-17(23-3)8-9-19(18)21/h4-12H,13H2,1-3H3. The van der Waals surface area contributed by atoms with Crippen LogP contribution in [0.25, 0.3) is 10.9 Å². The van der Waals surface area contributed by atoms with Gasteiger partial charge in [0.2, 0.25) is 0 Å². The Bertz CT molecular complexity index is 834. The Balaban J connectivity index is 1.96. The number of methoxy groups -OCH3 is 1. The van der Waals surface area contributed by atoms with Gasteiger partial charge in [0.25, 0.3) is 0 Å². The van der Waals surface area contributed by atoms with Gasteiger partial charge < -0.3 is 14.2 Å². The molecule has 3 rings (SSSR count). The van der Waals surface area contributed by atoms with Crippen molar-refractivity contribution in [2.24, 2.45) is 0 Å². The van der Waals surface area contributed by atoms with Crippen LogP contribution in [-0.2, 0) is 6.67 Å². The Labute approximate surface area is 135 Å². The van der Waals surface area contributed by atoms with Crippen molar-refractivity contribution in [3.8, 4) is 5.75 Å². The molecule has 4 heteroatoms. The molecule has 0 amide bonds. The van der Waals surface area contributed by atoms with E-state index in [1.807, 2.05) is 31.4 Å². The van der Waals surface area contributed by atoms with Gasteiger partial charge in [-0.3, -0.25) is 4.79 Å². The SMILES string of the molecule is COc1ccc2c(c1)c(C=O)cn2CN(C)c1ccc(C)cc1. The maximum Gasteiger partial charge on any atom is 0.152 e. The number of aromatic nitrogens is 1. The molecule has 0 radical (unpaired) electrons. The summed E-state index contributed by atoms with van der Waals surface area (Å²) in [6, 6.07) is 14.2. The van der Waals surface area contributed by atoms with Gasteiger partial charge in [0.05, 0.1) is 19.3 Å². The van der Waals surface area contributed by atoms with Crippen LogP contribution in [0.4, 0.5) is 5.69 Å². The molecule has 118 valence electrons. The second kappa shape index (κ2) is 6.16. The van der Waals surface area contributed by atoms with Crippen molar-refractivity contribution in [1.29, 1.82) is 0 Å². The molecule has 23 heavy (non-hydrogen) atoms. The Morgan fingerprint density at radius 2 is 1.91 bits per heavy atom. The molecule has 0 aliphatic heterocycles. The molecule has 0 spiro atoms. The second-order valence-corrected chi connectivity index (χ2v) is 5.73. The lowest BCUT2D eigenvalue weighted by molar-refractivity contribution is 0.112. The third-order valence-corrected chi connectivity index (χ3v) is 4.09. The number of hydrogen-bond acceptors (Lipinski definition) is 3. The summed E-state index contributed by atoms with van der Waals surface area (Å²) in [5.74, 6) is 0.755. The van der Waals surface area contributed by atoms with E-state index in [9.17, 15) is 4.79 Å². The van der Waals surface area contributed by atoms with Crippen LogP contribution < -0.4 is 9.64 Å². The Morgan fingerprint density at radius 1 is 1.17 bits per heavy atom.